The largest absolute Gasteiger partial charge is 0.462 e. The van der Waals surface area contributed by atoms with Crippen molar-refractivity contribution < 1.29 is 57.5 Å². The summed E-state index contributed by atoms with van der Waals surface area (Å²) in [4.78, 5) is 63.5. The molecular formula is C31H48N2O12. The van der Waals surface area contributed by atoms with Crippen molar-refractivity contribution in [1.82, 2.24) is 4.90 Å². The van der Waals surface area contributed by atoms with Crippen LogP contribution in [-0.2, 0) is 47.6 Å². The first-order valence-electron chi connectivity index (χ1n) is 15.0. The summed E-state index contributed by atoms with van der Waals surface area (Å²) in [5, 5.41) is 11.5. The summed E-state index contributed by atoms with van der Waals surface area (Å²) in [6.45, 7) is 6.19. The van der Waals surface area contributed by atoms with Gasteiger partial charge in [-0.3, -0.25) is 14.4 Å². The number of nitrogens with two attached hydrogens (primary N) is 1. The molecule has 11 atom stereocenters. The third kappa shape index (κ3) is 11.3. The first-order valence-corrected chi connectivity index (χ1v) is 15.0. The van der Waals surface area contributed by atoms with E-state index in [4.69, 9.17) is 34.2 Å². The molecule has 0 aliphatic carbocycles. The fourth-order valence-corrected chi connectivity index (χ4v) is 5.77. The van der Waals surface area contributed by atoms with E-state index in [1.165, 1.54) is 20.1 Å². The Morgan fingerprint density at radius 2 is 1.80 bits per heavy atom. The standard InChI is InChI=1S/C31H48N2O12/c1-17-15-21(13-14-34)28(44-30-26(38)25(33(5)6)27(19(3)42-30)45-31(32)39)29(40-7)23(43-20(4)35)16-24(37)41-18(2)11-9-8-10-12-22(17)36/h8-10,12,14,17-19,21,23,25-30,38H,11,13,15-16H2,1-7H3,(H2,32,39)/b9-8+,12-10+/t17-,18-,19-,21+,23-,25-,26-,27-,28+,29+,30+/m1/s1. The Morgan fingerprint density at radius 3 is 2.38 bits per heavy atom. The maximum Gasteiger partial charge on any atom is 0.404 e. The number of aldehydes is 1. The van der Waals surface area contributed by atoms with Crippen molar-refractivity contribution in [3.05, 3.63) is 24.3 Å². The number of allylic oxidation sites excluding steroid dienone is 3. The van der Waals surface area contributed by atoms with E-state index in [-0.39, 0.29) is 18.6 Å². The summed E-state index contributed by atoms with van der Waals surface area (Å²) < 4.78 is 34.6. The molecule has 254 valence electrons. The van der Waals surface area contributed by atoms with Crippen LogP contribution in [0.1, 0.15) is 53.4 Å². The van der Waals surface area contributed by atoms with Crippen LogP contribution < -0.4 is 5.73 Å². The molecule has 0 spiro atoms. The third-order valence-corrected chi connectivity index (χ3v) is 7.88. The van der Waals surface area contributed by atoms with Gasteiger partial charge in [0.2, 0.25) is 0 Å². The molecule has 0 saturated carbocycles. The van der Waals surface area contributed by atoms with Crippen LogP contribution in [0.4, 0.5) is 4.79 Å². The van der Waals surface area contributed by atoms with Gasteiger partial charge in [0.05, 0.1) is 24.7 Å². The van der Waals surface area contributed by atoms with Crippen LogP contribution in [0.15, 0.2) is 24.3 Å². The number of nitrogens with zero attached hydrogens (tertiary/aromatic N) is 1. The van der Waals surface area contributed by atoms with Gasteiger partial charge in [0.15, 0.2) is 12.1 Å². The van der Waals surface area contributed by atoms with Gasteiger partial charge in [-0.2, -0.15) is 0 Å². The van der Waals surface area contributed by atoms with E-state index in [2.05, 4.69) is 0 Å². The van der Waals surface area contributed by atoms with Gasteiger partial charge < -0.3 is 49.0 Å². The average molecular weight is 641 g/mol. The molecule has 1 amide bonds. The summed E-state index contributed by atoms with van der Waals surface area (Å²) in [5.74, 6) is -2.89. The van der Waals surface area contributed by atoms with E-state index in [0.717, 1.165) is 0 Å². The van der Waals surface area contributed by atoms with E-state index < -0.39 is 91.3 Å². The monoisotopic (exact) mass is 640 g/mol. The number of rotatable bonds is 8. The lowest BCUT2D eigenvalue weighted by atomic mass is 9.83. The maximum absolute atomic E-state index is 13.0. The predicted molar refractivity (Wildman–Crippen MR) is 160 cm³/mol. The Hall–Kier alpha value is -3.17. The minimum absolute atomic E-state index is 0.108. The van der Waals surface area contributed by atoms with Gasteiger partial charge in [-0.05, 0) is 46.4 Å². The van der Waals surface area contributed by atoms with Crippen LogP contribution in [0, 0.1) is 11.8 Å². The second-order valence-corrected chi connectivity index (χ2v) is 11.7. The van der Waals surface area contributed by atoms with Gasteiger partial charge in [-0.25, -0.2) is 4.79 Å². The summed E-state index contributed by atoms with van der Waals surface area (Å²) in [6, 6.07) is -0.831. The Balaban J connectivity index is 2.63. The fourth-order valence-electron chi connectivity index (χ4n) is 5.77. The summed E-state index contributed by atoms with van der Waals surface area (Å²) in [6.07, 6.45) is -2.61. The number of aliphatic hydroxyl groups is 1. The van der Waals surface area contributed by atoms with Gasteiger partial charge in [-0.1, -0.05) is 25.2 Å². The van der Waals surface area contributed by atoms with Gasteiger partial charge >= 0.3 is 18.0 Å². The Kier molecular flexibility index (Phi) is 15.3. The minimum atomic E-state index is -1.41. The highest BCUT2D eigenvalue weighted by Gasteiger charge is 2.50. The van der Waals surface area contributed by atoms with Crippen molar-refractivity contribution in [1.29, 1.82) is 0 Å². The molecule has 14 nitrogen and oxygen atoms in total. The zero-order valence-electron chi connectivity index (χ0n) is 27.0. The molecule has 1 fully saturated rings. The lowest BCUT2D eigenvalue weighted by molar-refractivity contribution is -0.309. The van der Waals surface area contributed by atoms with Crippen molar-refractivity contribution in [3.63, 3.8) is 0 Å². The van der Waals surface area contributed by atoms with Crippen LogP contribution >= 0.6 is 0 Å². The molecule has 2 heterocycles. The molecule has 2 aliphatic rings. The second kappa shape index (κ2) is 18.1. The summed E-state index contributed by atoms with van der Waals surface area (Å²) >= 11 is 0. The maximum atomic E-state index is 13.0. The number of amides is 1. The zero-order chi connectivity index (χ0) is 33.8. The molecule has 0 aromatic carbocycles. The van der Waals surface area contributed by atoms with E-state index in [0.29, 0.717) is 12.7 Å². The van der Waals surface area contributed by atoms with Crippen molar-refractivity contribution in [2.24, 2.45) is 17.6 Å². The number of hydrogen-bond acceptors (Lipinski definition) is 13. The highest BCUT2D eigenvalue weighted by atomic mass is 16.7. The van der Waals surface area contributed by atoms with Crippen molar-refractivity contribution in [2.75, 3.05) is 21.2 Å². The summed E-state index contributed by atoms with van der Waals surface area (Å²) in [5.41, 5.74) is 5.27. The number of carbonyl (C=O) groups excluding carboxylic acids is 5. The van der Waals surface area contributed by atoms with E-state index >= 15 is 0 Å². The van der Waals surface area contributed by atoms with Gasteiger partial charge in [-0.15, -0.1) is 0 Å². The number of methoxy groups -OCH3 is 1. The molecule has 14 heteroatoms. The number of ketones is 1. The second-order valence-electron chi connectivity index (χ2n) is 11.7. The number of cyclic esters (lactones) is 1. The van der Waals surface area contributed by atoms with Crippen molar-refractivity contribution in [3.8, 4) is 0 Å². The van der Waals surface area contributed by atoms with Crippen LogP contribution in [0.25, 0.3) is 0 Å². The van der Waals surface area contributed by atoms with Gasteiger partial charge in [0, 0.05) is 32.8 Å². The highest BCUT2D eigenvalue weighted by molar-refractivity contribution is 5.91. The molecule has 3 N–H and O–H groups in total. The van der Waals surface area contributed by atoms with Gasteiger partial charge in [0.25, 0.3) is 0 Å². The van der Waals surface area contributed by atoms with Crippen molar-refractivity contribution in [2.45, 2.75) is 108 Å². The SMILES string of the molecule is CO[C@@H]1[C@@H](O[C@@H]2O[C@H](C)[C@@H](OC(N)=O)[C@H](N(C)C)[C@H]2O)[C@@H](CC=O)C[C@@H](C)C(=O)/C=C/C=C/C[C@@H](C)OC(=O)C[C@H]1OC(C)=O. The average Bonchev–Trinajstić information content (AvgIpc) is 2.93. The number of primary amides is 1. The molecule has 0 bridgehead atoms. The topological polar surface area (TPSA) is 190 Å². The Labute approximate surface area is 264 Å². The lowest BCUT2D eigenvalue weighted by Crippen LogP contribution is -2.64. The number of hydrogen-bond donors (Lipinski definition) is 2. The van der Waals surface area contributed by atoms with Crippen LogP contribution in [-0.4, -0.2) is 116 Å². The molecule has 0 unspecified atom stereocenters. The van der Waals surface area contributed by atoms with Crippen LogP contribution in [0.5, 0.6) is 0 Å². The Bertz CT molecular complexity index is 1080. The van der Waals surface area contributed by atoms with E-state index in [9.17, 15) is 29.1 Å². The molecule has 0 aromatic rings. The Morgan fingerprint density at radius 1 is 1.11 bits per heavy atom. The molecule has 2 rings (SSSR count). The number of esters is 2. The summed E-state index contributed by atoms with van der Waals surface area (Å²) in [7, 11) is 4.66. The van der Waals surface area contributed by atoms with Crippen molar-refractivity contribution >= 4 is 30.1 Å². The van der Waals surface area contributed by atoms with E-state index in [1.54, 1.807) is 58.0 Å². The first-order chi connectivity index (χ1) is 21.2. The molecule has 0 radical (unpaired) electrons. The third-order valence-electron chi connectivity index (χ3n) is 7.88. The lowest BCUT2D eigenvalue weighted by Gasteiger charge is -2.47. The normalized spacial score (nSPS) is 36.9. The minimum Gasteiger partial charge on any atom is -0.462 e. The molecule has 45 heavy (non-hydrogen) atoms. The number of carbonyl (C=O) groups is 5. The van der Waals surface area contributed by atoms with E-state index in [1.807, 2.05) is 0 Å². The molecule has 1 saturated heterocycles. The molecule has 0 aromatic heterocycles. The van der Waals surface area contributed by atoms with Crippen LogP contribution in [0.2, 0.25) is 0 Å². The number of likely N-dealkylation sites (N-methyl/N-ethyl adjacent to an activating group) is 1. The molecule has 2 aliphatic heterocycles. The number of ether oxygens (including phenoxy) is 6. The fraction of sp³-hybridized carbons (Fsp3) is 0.710. The first kappa shape index (κ1) is 38.0. The number of aliphatic hydroxyl groups excluding tert-OH is 1. The highest BCUT2D eigenvalue weighted by Crippen LogP contribution is 2.34. The quantitative estimate of drug-likeness (QED) is 0.220. The predicted octanol–water partition coefficient (Wildman–Crippen LogP) is 1.46. The molecular weight excluding hydrogens is 592 g/mol. The zero-order valence-corrected chi connectivity index (χ0v) is 27.0. The van der Waals surface area contributed by atoms with Crippen LogP contribution in [0.3, 0.4) is 0 Å². The van der Waals surface area contributed by atoms with Gasteiger partial charge in [0.1, 0.15) is 36.8 Å². The smallest absolute Gasteiger partial charge is 0.404 e.